The standard InChI is InChI=1S/C28H44O/c1-18(2)19(3)7-8-20(4)24-11-12-25-23-10-9-21-17-22(29)13-15-27(21,5)26(23)14-16-28(24,25)6/h7-10,18-20,22,24-26,29H,11-17H2,1-6H3/b8-7+/t19-,20-,22-,24+,25+,26+,27-,28+/m0/s1. The fraction of sp³-hybridized carbons (Fsp3) is 0.786. The van der Waals surface area contributed by atoms with E-state index in [4.69, 9.17) is 0 Å². The molecule has 1 nitrogen and oxygen atoms in total. The first-order chi connectivity index (χ1) is 13.7. The topological polar surface area (TPSA) is 20.2 Å². The van der Waals surface area contributed by atoms with E-state index in [2.05, 4.69) is 65.8 Å². The van der Waals surface area contributed by atoms with Crippen LogP contribution in [0.5, 0.6) is 0 Å². The first-order valence-electron chi connectivity index (χ1n) is 12.4. The summed E-state index contributed by atoms with van der Waals surface area (Å²) in [6.07, 6.45) is 18.4. The number of aliphatic hydroxyl groups is 1. The van der Waals surface area contributed by atoms with Gasteiger partial charge in [0.2, 0.25) is 0 Å². The second-order valence-electron chi connectivity index (χ2n) is 11.9. The molecule has 162 valence electrons. The van der Waals surface area contributed by atoms with E-state index in [9.17, 15) is 5.11 Å². The molecule has 29 heavy (non-hydrogen) atoms. The minimum atomic E-state index is -0.116. The van der Waals surface area contributed by atoms with Crippen molar-refractivity contribution in [2.75, 3.05) is 0 Å². The predicted molar refractivity (Wildman–Crippen MR) is 123 cm³/mol. The van der Waals surface area contributed by atoms with Crippen LogP contribution < -0.4 is 0 Å². The Morgan fingerprint density at radius 3 is 2.41 bits per heavy atom. The summed E-state index contributed by atoms with van der Waals surface area (Å²) in [6, 6.07) is 0. The first-order valence-corrected chi connectivity index (χ1v) is 12.4. The third-order valence-electron chi connectivity index (χ3n) is 10.0. The molecule has 1 heteroatoms. The minimum absolute atomic E-state index is 0.116. The summed E-state index contributed by atoms with van der Waals surface area (Å²) in [4.78, 5) is 0. The zero-order valence-corrected chi connectivity index (χ0v) is 19.7. The number of hydrogen-bond acceptors (Lipinski definition) is 1. The van der Waals surface area contributed by atoms with E-state index >= 15 is 0 Å². The number of hydrogen-bond donors (Lipinski definition) is 1. The fourth-order valence-electron chi connectivity index (χ4n) is 7.59. The molecule has 0 radical (unpaired) electrons. The lowest BCUT2D eigenvalue weighted by molar-refractivity contribution is 0.0382. The van der Waals surface area contributed by atoms with Crippen LogP contribution >= 0.6 is 0 Å². The van der Waals surface area contributed by atoms with Crippen molar-refractivity contribution in [2.24, 2.45) is 46.3 Å². The second kappa shape index (κ2) is 7.70. The summed E-state index contributed by atoms with van der Waals surface area (Å²) >= 11 is 0. The van der Waals surface area contributed by atoms with Crippen molar-refractivity contribution in [1.82, 2.24) is 0 Å². The van der Waals surface area contributed by atoms with Crippen LogP contribution in [0, 0.1) is 46.3 Å². The third-order valence-corrected chi connectivity index (χ3v) is 10.0. The van der Waals surface area contributed by atoms with E-state index in [-0.39, 0.29) is 6.10 Å². The number of fused-ring (bicyclic) bond motifs is 5. The molecule has 4 aliphatic rings. The van der Waals surface area contributed by atoms with Crippen LogP contribution in [0.4, 0.5) is 0 Å². The summed E-state index contributed by atoms with van der Waals surface area (Å²) in [5, 5.41) is 10.2. The summed E-state index contributed by atoms with van der Waals surface area (Å²) in [6.45, 7) is 14.6. The predicted octanol–water partition coefficient (Wildman–Crippen LogP) is 7.33. The molecule has 4 aliphatic carbocycles. The van der Waals surface area contributed by atoms with E-state index in [1.807, 2.05) is 0 Å². The molecule has 0 aromatic rings. The van der Waals surface area contributed by atoms with Gasteiger partial charge in [0.25, 0.3) is 0 Å². The average Bonchev–Trinajstić information content (AvgIpc) is 3.03. The van der Waals surface area contributed by atoms with Gasteiger partial charge in [-0.3, -0.25) is 0 Å². The molecule has 0 bridgehead atoms. The summed E-state index contributed by atoms with van der Waals surface area (Å²) in [7, 11) is 0. The lowest BCUT2D eigenvalue weighted by Crippen LogP contribution is -2.46. The summed E-state index contributed by atoms with van der Waals surface area (Å²) < 4.78 is 0. The highest BCUT2D eigenvalue weighted by Crippen LogP contribution is 2.65. The fourth-order valence-corrected chi connectivity index (χ4v) is 7.59. The van der Waals surface area contributed by atoms with E-state index < -0.39 is 0 Å². The first kappa shape index (κ1) is 21.4. The van der Waals surface area contributed by atoms with E-state index in [1.165, 1.54) is 37.7 Å². The lowest BCUT2D eigenvalue weighted by atomic mass is 9.50. The summed E-state index contributed by atoms with van der Waals surface area (Å²) in [5.74, 6) is 4.38. The Hall–Kier alpha value is -0.820. The normalized spacial score (nSPS) is 44.0. The van der Waals surface area contributed by atoms with Gasteiger partial charge >= 0.3 is 0 Å². The van der Waals surface area contributed by atoms with Crippen molar-refractivity contribution in [3.63, 3.8) is 0 Å². The van der Waals surface area contributed by atoms with Crippen molar-refractivity contribution >= 4 is 0 Å². The Morgan fingerprint density at radius 2 is 1.69 bits per heavy atom. The van der Waals surface area contributed by atoms with E-state index in [0.717, 1.165) is 36.5 Å². The van der Waals surface area contributed by atoms with Crippen LogP contribution in [0.25, 0.3) is 0 Å². The van der Waals surface area contributed by atoms with Gasteiger partial charge in [0.15, 0.2) is 0 Å². The molecule has 0 heterocycles. The Kier molecular flexibility index (Phi) is 5.69. The van der Waals surface area contributed by atoms with Crippen LogP contribution in [-0.4, -0.2) is 11.2 Å². The van der Waals surface area contributed by atoms with Crippen molar-refractivity contribution < 1.29 is 5.11 Å². The van der Waals surface area contributed by atoms with Crippen LogP contribution in [0.1, 0.15) is 86.5 Å². The van der Waals surface area contributed by atoms with Crippen molar-refractivity contribution in [2.45, 2.75) is 92.6 Å². The molecule has 0 unspecified atom stereocenters. The third kappa shape index (κ3) is 3.50. The van der Waals surface area contributed by atoms with Crippen LogP contribution in [0.2, 0.25) is 0 Å². The molecule has 0 aliphatic heterocycles. The molecule has 0 aromatic carbocycles. The largest absolute Gasteiger partial charge is 0.393 e. The molecule has 0 saturated heterocycles. The Bertz CT molecular complexity index is 712. The van der Waals surface area contributed by atoms with Crippen LogP contribution in [0.15, 0.2) is 35.5 Å². The molecular weight excluding hydrogens is 352 g/mol. The molecule has 3 saturated carbocycles. The highest BCUT2D eigenvalue weighted by molar-refractivity contribution is 5.39. The lowest BCUT2D eigenvalue weighted by Gasteiger charge is -2.55. The van der Waals surface area contributed by atoms with Gasteiger partial charge in [-0.1, -0.05) is 77.0 Å². The van der Waals surface area contributed by atoms with Gasteiger partial charge in [-0.05, 0) is 91.3 Å². The van der Waals surface area contributed by atoms with Gasteiger partial charge in [-0.15, -0.1) is 0 Å². The Balaban J connectivity index is 1.57. The SMILES string of the molecule is CC(C)[C@@H](C)/C=C/[C@H](C)[C@H]1CC[C@@H]2C3=CC=C4C[C@@H](O)CC[C@]4(C)[C@@H]3CC[C@@]21C. The second-order valence-corrected chi connectivity index (χ2v) is 11.9. The average molecular weight is 397 g/mol. The minimum Gasteiger partial charge on any atom is -0.393 e. The van der Waals surface area contributed by atoms with Crippen molar-refractivity contribution in [1.29, 1.82) is 0 Å². The monoisotopic (exact) mass is 396 g/mol. The quantitative estimate of drug-likeness (QED) is 0.493. The van der Waals surface area contributed by atoms with E-state index in [1.54, 1.807) is 5.57 Å². The molecule has 3 fully saturated rings. The molecule has 0 spiro atoms. The summed E-state index contributed by atoms with van der Waals surface area (Å²) in [5.41, 5.74) is 4.07. The number of rotatable bonds is 4. The van der Waals surface area contributed by atoms with Gasteiger partial charge in [0.05, 0.1) is 6.10 Å². The molecule has 1 N–H and O–H groups in total. The highest BCUT2D eigenvalue weighted by atomic mass is 16.3. The smallest absolute Gasteiger partial charge is 0.0578 e. The van der Waals surface area contributed by atoms with Gasteiger partial charge in [0.1, 0.15) is 0 Å². The number of allylic oxidation sites excluding steroid dienone is 5. The van der Waals surface area contributed by atoms with Gasteiger partial charge < -0.3 is 5.11 Å². The number of aliphatic hydroxyl groups excluding tert-OH is 1. The Labute approximate surface area is 179 Å². The van der Waals surface area contributed by atoms with E-state index in [0.29, 0.717) is 22.7 Å². The zero-order chi connectivity index (χ0) is 21.0. The van der Waals surface area contributed by atoms with Gasteiger partial charge in [0, 0.05) is 0 Å². The maximum Gasteiger partial charge on any atom is 0.0578 e. The highest BCUT2D eigenvalue weighted by Gasteiger charge is 2.56. The maximum atomic E-state index is 10.2. The van der Waals surface area contributed by atoms with Gasteiger partial charge in [-0.25, -0.2) is 0 Å². The van der Waals surface area contributed by atoms with Crippen molar-refractivity contribution in [3.8, 4) is 0 Å². The maximum absolute atomic E-state index is 10.2. The zero-order valence-electron chi connectivity index (χ0n) is 19.7. The molecule has 8 atom stereocenters. The van der Waals surface area contributed by atoms with Crippen LogP contribution in [-0.2, 0) is 0 Å². The van der Waals surface area contributed by atoms with Crippen LogP contribution in [0.3, 0.4) is 0 Å². The molecular formula is C28H44O. The molecule has 0 amide bonds. The molecule has 0 aromatic heterocycles. The van der Waals surface area contributed by atoms with Gasteiger partial charge in [-0.2, -0.15) is 0 Å². The Morgan fingerprint density at radius 1 is 0.931 bits per heavy atom. The molecule has 4 rings (SSSR count). The van der Waals surface area contributed by atoms with Crippen molar-refractivity contribution in [3.05, 3.63) is 35.5 Å².